The molecule has 1 nitrogen and oxygen atoms in total. The minimum Gasteiger partial charge on any atom is -0.289 e. The molecule has 1 aliphatic rings. The lowest BCUT2D eigenvalue weighted by Gasteiger charge is -2.04. The van der Waals surface area contributed by atoms with Crippen molar-refractivity contribution in [2.45, 2.75) is 26.2 Å². The standard InChI is InChI=1S/C13H14O/c1-10-6-2-5-9-12(10)13(14)11-7-3-4-8-11/h2,5-7,9H,3-4,8H2,1H3. The number of hydrogen-bond acceptors (Lipinski definition) is 1. The molecule has 2 rings (SSSR count). The molecule has 0 atom stereocenters. The van der Waals surface area contributed by atoms with Crippen LogP contribution in [0.3, 0.4) is 0 Å². The topological polar surface area (TPSA) is 17.1 Å². The molecule has 0 aliphatic heterocycles. The summed E-state index contributed by atoms with van der Waals surface area (Å²) < 4.78 is 0. The highest BCUT2D eigenvalue weighted by Crippen LogP contribution is 2.22. The van der Waals surface area contributed by atoms with Gasteiger partial charge in [0.15, 0.2) is 5.78 Å². The van der Waals surface area contributed by atoms with E-state index < -0.39 is 0 Å². The minimum atomic E-state index is 0.223. The van der Waals surface area contributed by atoms with Crippen LogP contribution in [0, 0.1) is 6.92 Å². The van der Waals surface area contributed by atoms with Gasteiger partial charge >= 0.3 is 0 Å². The number of ketones is 1. The lowest BCUT2D eigenvalue weighted by atomic mass is 9.99. The van der Waals surface area contributed by atoms with Crippen molar-refractivity contribution in [1.29, 1.82) is 0 Å². The Balaban J connectivity index is 2.31. The maximum Gasteiger partial charge on any atom is 0.188 e. The van der Waals surface area contributed by atoms with Crippen molar-refractivity contribution < 1.29 is 4.79 Å². The predicted molar refractivity (Wildman–Crippen MR) is 57.4 cm³/mol. The maximum atomic E-state index is 12.0. The van der Waals surface area contributed by atoms with Gasteiger partial charge in [0.05, 0.1) is 0 Å². The third kappa shape index (κ3) is 1.63. The number of allylic oxidation sites excluding steroid dienone is 2. The average molecular weight is 186 g/mol. The zero-order chi connectivity index (χ0) is 9.97. The molecule has 72 valence electrons. The Bertz CT molecular complexity index is 388. The highest BCUT2D eigenvalue weighted by molar-refractivity contribution is 6.09. The van der Waals surface area contributed by atoms with E-state index in [4.69, 9.17) is 0 Å². The number of Topliss-reactive ketones (excluding diaryl/α,β-unsaturated/α-hetero) is 1. The van der Waals surface area contributed by atoms with Gasteiger partial charge in [0, 0.05) is 5.56 Å². The molecule has 0 saturated heterocycles. The van der Waals surface area contributed by atoms with Gasteiger partial charge in [-0.15, -0.1) is 0 Å². The fraction of sp³-hybridized carbons (Fsp3) is 0.308. The molecule has 0 saturated carbocycles. The second kappa shape index (κ2) is 3.79. The third-order valence-corrected chi connectivity index (χ3v) is 2.72. The number of carbonyl (C=O) groups excluding carboxylic acids is 1. The van der Waals surface area contributed by atoms with E-state index in [1.165, 1.54) is 0 Å². The Hall–Kier alpha value is -1.37. The Morgan fingerprint density at radius 3 is 2.71 bits per heavy atom. The second-order valence-corrected chi connectivity index (χ2v) is 3.77. The van der Waals surface area contributed by atoms with E-state index in [2.05, 4.69) is 6.08 Å². The Labute approximate surface area is 84.5 Å². The van der Waals surface area contributed by atoms with Gasteiger partial charge in [0.1, 0.15) is 0 Å². The number of hydrogen-bond donors (Lipinski definition) is 0. The van der Waals surface area contributed by atoms with Gasteiger partial charge in [-0.1, -0.05) is 30.3 Å². The number of rotatable bonds is 2. The summed E-state index contributed by atoms with van der Waals surface area (Å²) in [5.74, 6) is 0.223. The van der Waals surface area contributed by atoms with Crippen LogP contribution in [0.2, 0.25) is 0 Å². The van der Waals surface area contributed by atoms with Gasteiger partial charge in [-0.3, -0.25) is 4.79 Å². The molecule has 0 heterocycles. The van der Waals surface area contributed by atoms with Crippen molar-refractivity contribution in [3.63, 3.8) is 0 Å². The van der Waals surface area contributed by atoms with Gasteiger partial charge in [0.2, 0.25) is 0 Å². The smallest absolute Gasteiger partial charge is 0.188 e. The maximum absolute atomic E-state index is 12.0. The van der Waals surface area contributed by atoms with Crippen molar-refractivity contribution in [2.24, 2.45) is 0 Å². The first-order valence-electron chi connectivity index (χ1n) is 5.08. The van der Waals surface area contributed by atoms with Crippen LogP contribution in [-0.2, 0) is 0 Å². The summed E-state index contributed by atoms with van der Waals surface area (Å²) in [4.78, 5) is 12.0. The molecule has 1 aromatic carbocycles. The Morgan fingerprint density at radius 2 is 2.07 bits per heavy atom. The van der Waals surface area contributed by atoms with Crippen LogP contribution in [0.5, 0.6) is 0 Å². The SMILES string of the molecule is Cc1ccccc1C(=O)C1=CCCC1. The molecule has 0 radical (unpaired) electrons. The summed E-state index contributed by atoms with van der Waals surface area (Å²) in [7, 11) is 0. The molecule has 0 fully saturated rings. The summed E-state index contributed by atoms with van der Waals surface area (Å²) in [5.41, 5.74) is 2.94. The first kappa shape index (κ1) is 9.20. The quantitative estimate of drug-likeness (QED) is 0.648. The van der Waals surface area contributed by atoms with E-state index in [1.54, 1.807) is 0 Å². The largest absolute Gasteiger partial charge is 0.289 e. The molecular weight excluding hydrogens is 172 g/mol. The van der Waals surface area contributed by atoms with Crippen molar-refractivity contribution in [2.75, 3.05) is 0 Å². The highest BCUT2D eigenvalue weighted by Gasteiger charge is 2.16. The van der Waals surface area contributed by atoms with Crippen molar-refractivity contribution in [1.82, 2.24) is 0 Å². The van der Waals surface area contributed by atoms with Crippen LogP contribution in [0.1, 0.15) is 35.2 Å². The molecule has 14 heavy (non-hydrogen) atoms. The Morgan fingerprint density at radius 1 is 1.29 bits per heavy atom. The van der Waals surface area contributed by atoms with Crippen LogP contribution in [-0.4, -0.2) is 5.78 Å². The van der Waals surface area contributed by atoms with Crippen molar-refractivity contribution in [3.05, 3.63) is 47.0 Å². The molecule has 0 aromatic heterocycles. The third-order valence-electron chi connectivity index (χ3n) is 2.72. The second-order valence-electron chi connectivity index (χ2n) is 3.77. The molecule has 1 aromatic rings. The fourth-order valence-corrected chi connectivity index (χ4v) is 1.88. The average Bonchev–Trinajstić information content (AvgIpc) is 2.70. The number of carbonyl (C=O) groups is 1. The zero-order valence-corrected chi connectivity index (χ0v) is 8.42. The lowest BCUT2D eigenvalue weighted by Crippen LogP contribution is -2.03. The van der Waals surface area contributed by atoms with Crippen LogP contribution >= 0.6 is 0 Å². The molecule has 1 heteroatoms. The summed E-state index contributed by atoms with van der Waals surface area (Å²) >= 11 is 0. The molecule has 0 amide bonds. The molecule has 0 spiro atoms. The van der Waals surface area contributed by atoms with Gasteiger partial charge in [-0.25, -0.2) is 0 Å². The first-order valence-corrected chi connectivity index (χ1v) is 5.08. The van der Waals surface area contributed by atoms with E-state index in [9.17, 15) is 4.79 Å². The minimum absolute atomic E-state index is 0.223. The summed E-state index contributed by atoms with van der Waals surface area (Å²) in [6, 6.07) is 7.80. The molecule has 0 unspecified atom stereocenters. The van der Waals surface area contributed by atoms with Gasteiger partial charge in [-0.2, -0.15) is 0 Å². The zero-order valence-electron chi connectivity index (χ0n) is 8.42. The van der Waals surface area contributed by atoms with E-state index in [-0.39, 0.29) is 5.78 Å². The van der Waals surface area contributed by atoms with Gasteiger partial charge in [-0.05, 0) is 37.3 Å². The van der Waals surface area contributed by atoms with Gasteiger partial charge < -0.3 is 0 Å². The monoisotopic (exact) mass is 186 g/mol. The fourth-order valence-electron chi connectivity index (χ4n) is 1.88. The normalized spacial score (nSPS) is 15.4. The van der Waals surface area contributed by atoms with Crippen LogP contribution in [0.25, 0.3) is 0 Å². The van der Waals surface area contributed by atoms with Crippen LogP contribution in [0.4, 0.5) is 0 Å². The van der Waals surface area contributed by atoms with Gasteiger partial charge in [0.25, 0.3) is 0 Å². The van der Waals surface area contributed by atoms with E-state index in [0.717, 1.165) is 36.0 Å². The predicted octanol–water partition coefficient (Wildman–Crippen LogP) is 3.29. The molecule has 0 bridgehead atoms. The number of aryl methyl sites for hydroxylation is 1. The Kier molecular flexibility index (Phi) is 2.49. The van der Waals surface area contributed by atoms with Crippen molar-refractivity contribution in [3.8, 4) is 0 Å². The highest BCUT2D eigenvalue weighted by atomic mass is 16.1. The summed E-state index contributed by atoms with van der Waals surface area (Å²) in [6.45, 7) is 1.99. The molecule has 0 N–H and O–H groups in total. The molecule has 1 aliphatic carbocycles. The number of benzene rings is 1. The van der Waals surface area contributed by atoms with Crippen LogP contribution < -0.4 is 0 Å². The van der Waals surface area contributed by atoms with Crippen LogP contribution in [0.15, 0.2) is 35.9 Å². The summed E-state index contributed by atoms with van der Waals surface area (Å²) in [5, 5.41) is 0. The molecular formula is C13H14O. The van der Waals surface area contributed by atoms with E-state index in [0.29, 0.717) is 0 Å². The lowest BCUT2D eigenvalue weighted by molar-refractivity contribution is 0.103. The van der Waals surface area contributed by atoms with E-state index in [1.807, 2.05) is 31.2 Å². The van der Waals surface area contributed by atoms with E-state index >= 15 is 0 Å². The van der Waals surface area contributed by atoms with Crippen molar-refractivity contribution >= 4 is 5.78 Å². The first-order chi connectivity index (χ1) is 6.79. The summed E-state index contributed by atoms with van der Waals surface area (Å²) in [6.07, 6.45) is 5.22.